The normalized spacial score (nSPS) is 12.6. The standard InChI is InChI=1S/C15H17NO2S/c1-10(2)8-12(15(17)18)14-16-13(9-19-14)11-6-4-3-5-7-11/h3-7,9-10,12H,8H2,1-2H3,(H,17,18). The van der Waals surface area contributed by atoms with Gasteiger partial charge in [0.2, 0.25) is 0 Å². The van der Waals surface area contributed by atoms with Gasteiger partial charge in [0, 0.05) is 10.9 Å². The van der Waals surface area contributed by atoms with E-state index in [2.05, 4.69) is 4.98 Å². The van der Waals surface area contributed by atoms with Gasteiger partial charge in [0.25, 0.3) is 0 Å². The number of nitrogens with zero attached hydrogens (tertiary/aromatic N) is 1. The van der Waals surface area contributed by atoms with E-state index < -0.39 is 11.9 Å². The van der Waals surface area contributed by atoms with E-state index in [4.69, 9.17) is 0 Å². The van der Waals surface area contributed by atoms with Crippen molar-refractivity contribution in [2.75, 3.05) is 0 Å². The van der Waals surface area contributed by atoms with Crippen molar-refractivity contribution in [2.24, 2.45) is 5.92 Å². The molecule has 1 unspecified atom stereocenters. The van der Waals surface area contributed by atoms with Gasteiger partial charge in [-0.15, -0.1) is 11.3 Å². The quantitative estimate of drug-likeness (QED) is 0.896. The van der Waals surface area contributed by atoms with Gasteiger partial charge in [-0.1, -0.05) is 44.2 Å². The summed E-state index contributed by atoms with van der Waals surface area (Å²) in [5.41, 5.74) is 1.88. The molecule has 1 N–H and O–H groups in total. The minimum atomic E-state index is -0.789. The van der Waals surface area contributed by atoms with Gasteiger partial charge in [0.1, 0.15) is 10.9 Å². The zero-order valence-corrected chi connectivity index (χ0v) is 11.9. The molecule has 2 aromatic rings. The van der Waals surface area contributed by atoms with Crippen LogP contribution in [0.15, 0.2) is 35.7 Å². The molecule has 0 saturated carbocycles. The average Bonchev–Trinajstić information content (AvgIpc) is 2.86. The maximum absolute atomic E-state index is 11.3. The number of aliphatic carboxylic acids is 1. The maximum Gasteiger partial charge on any atom is 0.313 e. The van der Waals surface area contributed by atoms with Crippen LogP contribution in [0.25, 0.3) is 11.3 Å². The Bertz CT molecular complexity index is 548. The zero-order chi connectivity index (χ0) is 13.8. The van der Waals surface area contributed by atoms with E-state index in [1.54, 1.807) is 0 Å². The smallest absolute Gasteiger partial charge is 0.313 e. The molecule has 0 aliphatic rings. The van der Waals surface area contributed by atoms with E-state index in [-0.39, 0.29) is 0 Å². The van der Waals surface area contributed by atoms with Crippen LogP contribution < -0.4 is 0 Å². The van der Waals surface area contributed by atoms with Crippen LogP contribution in [0.5, 0.6) is 0 Å². The van der Waals surface area contributed by atoms with E-state index in [1.165, 1.54) is 11.3 Å². The predicted octanol–water partition coefficient (Wildman–Crippen LogP) is 4.02. The van der Waals surface area contributed by atoms with Crippen molar-refractivity contribution in [2.45, 2.75) is 26.2 Å². The van der Waals surface area contributed by atoms with E-state index in [9.17, 15) is 9.90 Å². The van der Waals surface area contributed by atoms with Gasteiger partial charge in [-0.25, -0.2) is 4.98 Å². The Morgan fingerprint density at radius 1 is 1.32 bits per heavy atom. The van der Waals surface area contributed by atoms with Crippen LogP contribution in [0.2, 0.25) is 0 Å². The Hall–Kier alpha value is -1.68. The summed E-state index contributed by atoms with van der Waals surface area (Å²) in [5.74, 6) is -0.949. The number of carboxylic acids is 1. The second-order valence-corrected chi connectivity index (χ2v) is 5.85. The molecule has 19 heavy (non-hydrogen) atoms. The number of carbonyl (C=O) groups is 1. The van der Waals surface area contributed by atoms with Crippen molar-refractivity contribution in [3.05, 3.63) is 40.7 Å². The number of thiazole rings is 1. The number of aromatic nitrogens is 1. The molecular formula is C15H17NO2S. The summed E-state index contributed by atoms with van der Waals surface area (Å²) >= 11 is 1.43. The highest BCUT2D eigenvalue weighted by molar-refractivity contribution is 7.10. The molecule has 0 aliphatic heterocycles. The topological polar surface area (TPSA) is 50.2 Å². The van der Waals surface area contributed by atoms with Crippen LogP contribution in [-0.4, -0.2) is 16.1 Å². The largest absolute Gasteiger partial charge is 0.481 e. The number of benzene rings is 1. The third kappa shape index (κ3) is 3.41. The second-order valence-electron chi connectivity index (χ2n) is 4.96. The SMILES string of the molecule is CC(C)CC(C(=O)O)c1nc(-c2ccccc2)cs1. The molecule has 0 aliphatic carbocycles. The highest BCUT2D eigenvalue weighted by Gasteiger charge is 2.24. The average molecular weight is 275 g/mol. The first kappa shape index (κ1) is 13.7. The van der Waals surface area contributed by atoms with Crippen molar-refractivity contribution in [3.8, 4) is 11.3 Å². The Balaban J connectivity index is 2.26. The molecular weight excluding hydrogens is 258 g/mol. The van der Waals surface area contributed by atoms with Crippen LogP contribution in [0.3, 0.4) is 0 Å². The Morgan fingerprint density at radius 2 is 2.00 bits per heavy atom. The molecule has 0 fully saturated rings. The van der Waals surface area contributed by atoms with Crippen LogP contribution in [0.4, 0.5) is 0 Å². The molecule has 3 nitrogen and oxygen atoms in total. The van der Waals surface area contributed by atoms with Crippen molar-refractivity contribution in [1.82, 2.24) is 4.98 Å². The minimum absolute atomic E-state index is 0.338. The lowest BCUT2D eigenvalue weighted by atomic mass is 9.98. The Kier molecular flexibility index (Phi) is 4.32. The molecule has 1 aromatic heterocycles. The summed E-state index contributed by atoms with van der Waals surface area (Å²) in [4.78, 5) is 15.8. The van der Waals surface area contributed by atoms with Crippen molar-refractivity contribution in [3.63, 3.8) is 0 Å². The van der Waals surface area contributed by atoms with E-state index >= 15 is 0 Å². The van der Waals surface area contributed by atoms with Gasteiger partial charge < -0.3 is 5.11 Å². The first-order chi connectivity index (χ1) is 9.08. The molecule has 0 amide bonds. The summed E-state index contributed by atoms with van der Waals surface area (Å²) < 4.78 is 0. The summed E-state index contributed by atoms with van der Waals surface area (Å²) in [7, 11) is 0. The summed E-state index contributed by atoms with van der Waals surface area (Å²) in [6, 6.07) is 9.83. The fourth-order valence-corrected chi connectivity index (χ4v) is 2.90. The highest BCUT2D eigenvalue weighted by atomic mass is 32.1. The van der Waals surface area contributed by atoms with E-state index in [0.29, 0.717) is 17.3 Å². The van der Waals surface area contributed by atoms with Gasteiger partial charge in [0.15, 0.2) is 0 Å². The molecule has 0 saturated heterocycles. The van der Waals surface area contributed by atoms with Crippen LogP contribution in [0, 0.1) is 5.92 Å². The van der Waals surface area contributed by atoms with Gasteiger partial charge in [0.05, 0.1) is 5.69 Å². The van der Waals surface area contributed by atoms with E-state index in [1.807, 2.05) is 49.6 Å². The maximum atomic E-state index is 11.3. The predicted molar refractivity (Wildman–Crippen MR) is 77.4 cm³/mol. The molecule has 100 valence electrons. The Labute approximate surface area is 116 Å². The number of hydrogen-bond donors (Lipinski definition) is 1. The molecule has 1 heterocycles. The van der Waals surface area contributed by atoms with Crippen molar-refractivity contribution >= 4 is 17.3 Å². The number of carboxylic acid groups (broad SMARTS) is 1. The van der Waals surface area contributed by atoms with Crippen LogP contribution in [0.1, 0.15) is 31.2 Å². The third-order valence-corrected chi connectivity index (χ3v) is 3.85. The van der Waals surface area contributed by atoms with Crippen LogP contribution in [-0.2, 0) is 4.79 Å². The third-order valence-electron chi connectivity index (χ3n) is 2.89. The van der Waals surface area contributed by atoms with Gasteiger partial charge in [-0.05, 0) is 12.3 Å². The summed E-state index contributed by atoms with van der Waals surface area (Å²) in [6.45, 7) is 4.06. The number of rotatable bonds is 5. The van der Waals surface area contributed by atoms with Crippen LogP contribution >= 0.6 is 11.3 Å². The Morgan fingerprint density at radius 3 is 2.58 bits per heavy atom. The second kappa shape index (κ2) is 5.97. The first-order valence-corrected chi connectivity index (χ1v) is 7.19. The molecule has 1 aromatic carbocycles. The monoisotopic (exact) mass is 275 g/mol. The molecule has 0 bridgehead atoms. The molecule has 0 radical (unpaired) electrons. The molecule has 2 rings (SSSR count). The van der Waals surface area contributed by atoms with Crippen molar-refractivity contribution in [1.29, 1.82) is 0 Å². The first-order valence-electron chi connectivity index (χ1n) is 6.31. The zero-order valence-electron chi connectivity index (χ0n) is 11.0. The summed E-state index contributed by atoms with van der Waals surface area (Å²) in [5, 5.41) is 11.9. The van der Waals surface area contributed by atoms with Gasteiger partial charge >= 0.3 is 5.97 Å². The molecule has 1 atom stereocenters. The molecule has 0 spiro atoms. The van der Waals surface area contributed by atoms with Crippen molar-refractivity contribution < 1.29 is 9.90 Å². The summed E-state index contributed by atoms with van der Waals surface area (Å²) in [6.07, 6.45) is 0.622. The lowest BCUT2D eigenvalue weighted by Gasteiger charge is -2.11. The number of hydrogen-bond acceptors (Lipinski definition) is 3. The fourth-order valence-electron chi connectivity index (χ4n) is 1.97. The van der Waals surface area contributed by atoms with E-state index in [0.717, 1.165) is 11.3 Å². The lowest BCUT2D eigenvalue weighted by molar-refractivity contribution is -0.139. The lowest BCUT2D eigenvalue weighted by Crippen LogP contribution is -2.13. The fraction of sp³-hybridized carbons (Fsp3) is 0.333. The molecule has 4 heteroatoms. The highest BCUT2D eigenvalue weighted by Crippen LogP contribution is 2.30. The minimum Gasteiger partial charge on any atom is -0.481 e. The van der Waals surface area contributed by atoms with Gasteiger partial charge in [-0.3, -0.25) is 4.79 Å². The van der Waals surface area contributed by atoms with Gasteiger partial charge in [-0.2, -0.15) is 0 Å².